The Hall–Kier alpha value is -2.58. The first kappa shape index (κ1) is 22.2. The zero-order chi connectivity index (χ0) is 23.8. The number of pyridine rings is 1. The van der Waals surface area contributed by atoms with E-state index >= 15 is 4.39 Å². The lowest BCUT2D eigenvalue weighted by atomic mass is 9.88. The Morgan fingerprint density at radius 2 is 2.03 bits per heavy atom. The molecular formula is C25H31FN4O2S. The molecule has 0 bridgehead atoms. The molecule has 1 saturated heterocycles. The number of ether oxygens (including phenoxy) is 1. The van der Waals surface area contributed by atoms with Crippen LogP contribution in [-0.2, 0) is 0 Å². The molecule has 6 nitrogen and oxygen atoms in total. The standard InChI is InChI=1S/C25H31FN4O2S/c1-12-18-21(31)16-10-17(26)20(29-9-8-14(11-29)25(3,4)28)22(32-5)19(16)30(15-6-7-15)24(18)33-23(12)13(2)27/h10,14-15H,2,6-9,11,27-28H2,1,3-5H3/t14-/m1/s1. The molecule has 3 heterocycles. The van der Waals surface area contributed by atoms with Crippen LogP contribution in [0, 0.1) is 18.7 Å². The quantitative estimate of drug-likeness (QED) is 0.573. The molecule has 8 heteroatoms. The van der Waals surface area contributed by atoms with Crippen LogP contribution in [0.15, 0.2) is 17.4 Å². The molecule has 2 aromatic heterocycles. The minimum atomic E-state index is -0.440. The maximum absolute atomic E-state index is 15.7. The second-order valence-electron chi connectivity index (χ2n) is 10.1. The Morgan fingerprint density at radius 1 is 1.33 bits per heavy atom. The van der Waals surface area contributed by atoms with E-state index in [9.17, 15) is 4.79 Å². The Balaban J connectivity index is 1.84. The minimum Gasteiger partial charge on any atom is -0.492 e. The number of methoxy groups -OCH3 is 1. The SMILES string of the molecule is C=C(N)c1sc2c(c1C)c(=O)c1cc(F)c(N3CC[C@@H](C(C)(C)N)C3)c(OC)c1n2C1CC1. The van der Waals surface area contributed by atoms with Crippen LogP contribution in [0.1, 0.15) is 49.6 Å². The molecule has 5 rings (SSSR count). The predicted molar refractivity (Wildman–Crippen MR) is 135 cm³/mol. The van der Waals surface area contributed by atoms with E-state index in [1.54, 1.807) is 7.11 Å². The first-order valence-electron chi connectivity index (χ1n) is 11.4. The fourth-order valence-corrected chi connectivity index (χ4v) is 6.50. The van der Waals surface area contributed by atoms with Crippen molar-refractivity contribution in [2.24, 2.45) is 17.4 Å². The summed E-state index contributed by atoms with van der Waals surface area (Å²) in [5.41, 5.74) is 14.2. The summed E-state index contributed by atoms with van der Waals surface area (Å²) in [5, 5.41) is 0.943. The highest BCUT2D eigenvalue weighted by atomic mass is 32.1. The van der Waals surface area contributed by atoms with Crippen molar-refractivity contribution in [2.75, 3.05) is 25.1 Å². The molecule has 4 N–H and O–H groups in total. The minimum absolute atomic E-state index is 0.190. The molecule has 1 aromatic carbocycles. The number of rotatable bonds is 5. The predicted octanol–water partition coefficient (Wildman–Crippen LogP) is 4.50. The second-order valence-corrected chi connectivity index (χ2v) is 11.1. The number of nitrogens with zero attached hydrogens (tertiary/aromatic N) is 2. The summed E-state index contributed by atoms with van der Waals surface area (Å²) in [7, 11) is 1.55. The summed E-state index contributed by atoms with van der Waals surface area (Å²) < 4.78 is 23.7. The van der Waals surface area contributed by atoms with Gasteiger partial charge in [-0.2, -0.15) is 0 Å². The van der Waals surface area contributed by atoms with Gasteiger partial charge in [-0.3, -0.25) is 4.79 Å². The van der Waals surface area contributed by atoms with Gasteiger partial charge >= 0.3 is 0 Å². The summed E-state index contributed by atoms with van der Waals surface area (Å²) in [4.78, 5) is 17.3. The number of hydrogen-bond acceptors (Lipinski definition) is 6. The van der Waals surface area contributed by atoms with Crippen molar-refractivity contribution in [3.8, 4) is 5.75 Å². The average molecular weight is 471 g/mol. The molecule has 176 valence electrons. The van der Waals surface area contributed by atoms with Crippen LogP contribution in [0.4, 0.5) is 10.1 Å². The highest BCUT2D eigenvalue weighted by molar-refractivity contribution is 7.20. The third-order valence-corrected chi connectivity index (χ3v) is 8.57. The van der Waals surface area contributed by atoms with Crippen LogP contribution < -0.4 is 26.5 Å². The molecule has 0 amide bonds. The van der Waals surface area contributed by atoms with E-state index < -0.39 is 5.82 Å². The van der Waals surface area contributed by atoms with E-state index in [0.717, 1.165) is 34.5 Å². The van der Waals surface area contributed by atoms with Crippen molar-refractivity contribution < 1.29 is 9.13 Å². The molecule has 0 unspecified atom stereocenters. The molecular weight excluding hydrogens is 439 g/mol. The number of anilines is 1. The van der Waals surface area contributed by atoms with Crippen LogP contribution in [0.3, 0.4) is 0 Å². The Kier molecular flexibility index (Phi) is 5.03. The third-order valence-electron chi connectivity index (χ3n) is 7.21. The third kappa shape index (κ3) is 3.34. The first-order chi connectivity index (χ1) is 15.5. The normalized spacial score (nSPS) is 19.1. The van der Waals surface area contributed by atoms with Crippen LogP contribution in [-0.4, -0.2) is 30.3 Å². The highest BCUT2D eigenvalue weighted by Crippen LogP contribution is 2.48. The largest absolute Gasteiger partial charge is 0.492 e. The molecule has 1 aliphatic heterocycles. The molecule has 0 radical (unpaired) electrons. The molecule has 2 aliphatic rings. The van der Waals surface area contributed by atoms with E-state index in [1.807, 2.05) is 25.7 Å². The highest BCUT2D eigenvalue weighted by Gasteiger charge is 2.37. The number of thiophene rings is 1. The summed E-state index contributed by atoms with van der Waals surface area (Å²) in [6.07, 6.45) is 2.89. The molecule has 3 aromatic rings. The zero-order valence-electron chi connectivity index (χ0n) is 19.6. The number of fused-ring (bicyclic) bond motifs is 2. The Labute approximate surface area is 196 Å². The second kappa shape index (κ2) is 7.46. The monoisotopic (exact) mass is 470 g/mol. The van der Waals surface area contributed by atoms with Gasteiger partial charge in [0, 0.05) is 30.4 Å². The van der Waals surface area contributed by atoms with Gasteiger partial charge in [0.25, 0.3) is 0 Å². The number of aromatic nitrogens is 1. The number of nitrogens with two attached hydrogens (primary N) is 2. The number of hydrogen-bond donors (Lipinski definition) is 2. The van der Waals surface area contributed by atoms with Crippen molar-refractivity contribution in [3.05, 3.63) is 39.1 Å². The van der Waals surface area contributed by atoms with E-state index in [4.69, 9.17) is 16.2 Å². The van der Waals surface area contributed by atoms with Crippen molar-refractivity contribution in [2.45, 2.75) is 51.6 Å². The summed E-state index contributed by atoms with van der Waals surface area (Å²) in [5.74, 6) is 0.221. The van der Waals surface area contributed by atoms with Gasteiger partial charge in [-0.1, -0.05) is 6.58 Å². The van der Waals surface area contributed by atoms with E-state index in [2.05, 4.69) is 11.1 Å². The van der Waals surface area contributed by atoms with Gasteiger partial charge in [0.2, 0.25) is 0 Å². The molecule has 0 spiro atoms. The van der Waals surface area contributed by atoms with Gasteiger partial charge in [-0.05, 0) is 57.6 Å². The fourth-order valence-electron chi connectivity index (χ4n) is 5.24. The van der Waals surface area contributed by atoms with E-state index in [1.165, 1.54) is 17.4 Å². The van der Waals surface area contributed by atoms with Gasteiger partial charge in [0.15, 0.2) is 17.0 Å². The van der Waals surface area contributed by atoms with Crippen LogP contribution in [0.2, 0.25) is 0 Å². The van der Waals surface area contributed by atoms with Gasteiger partial charge in [-0.15, -0.1) is 11.3 Å². The zero-order valence-corrected chi connectivity index (χ0v) is 20.4. The lowest BCUT2D eigenvalue weighted by molar-refractivity contribution is 0.348. The fraction of sp³-hybridized carbons (Fsp3) is 0.480. The van der Waals surface area contributed by atoms with E-state index in [-0.39, 0.29) is 22.9 Å². The first-order valence-corrected chi connectivity index (χ1v) is 12.2. The van der Waals surface area contributed by atoms with Crippen LogP contribution in [0.25, 0.3) is 26.8 Å². The maximum atomic E-state index is 15.7. The summed E-state index contributed by atoms with van der Waals surface area (Å²) >= 11 is 1.48. The van der Waals surface area contributed by atoms with Gasteiger partial charge < -0.3 is 25.7 Å². The Morgan fingerprint density at radius 3 is 2.58 bits per heavy atom. The average Bonchev–Trinajstić information content (AvgIpc) is 3.32. The molecule has 1 saturated carbocycles. The maximum Gasteiger partial charge on any atom is 0.198 e. The molecule has 33 heavy (non-hydrogen) atoms. The number of benzene rings is 1. The molecule has 2 fully saturated rings. The molecule has 1 atom stereocenters. The smallest absolute Gasteiger partial charge is 0.198 e. The van der Waals surface area contributed by atoms with Crippen molar-refractivity contribution in [1.29, 1.82) is 0 Å². The van der Waals surface area contributed by atoms with Crippen LogP contribution >= 0.6 is 11.3 Å². The van der Waals surface area contributed by atoms with Gasteiger partial charge in [-0.25, -0.2) is 4.39 Å². The van der Waals surface area contributed by atoms with Gasteiger partial charge in [0.05, 0.1) is 28.3 Å². The lowest BCUT2D eigenvalue weighted by Crippen LogP contribution is -2.42. The van der Waals surface area contributed by atoms with Crippen LogP contribution in [0.5, 0.6) is 5.75 Å². The number of halogens is 1. The number of aryl methyl sites for hydroxylation is 1. The van der Waals surface area contributed by atoms with Crippen molar-refractivity contribution >= 4 is 43.8 Å². The van der Waals surface area contributed by atoms with Crippen molar-refractivity contribution in [1.82, 2.24) is 4.57 Å². The van der Waals surface area contributed by atoms with Gasteiger partial charge in [0.1, 0.15) is 10.5 Å². The van der Waals surface area contributed by atoms with Crippen molar-refractivity contribution in [3.63, 3.8) is 0 Å². The Bertz CT molecular complexity index is 1360. The van der Waals surface area contributed by atoms with E-state index in [0.29, 0.717) is 46.5 Å². The summed E-state index contributed by atoms with van der Waals surface area (Å²) in [6, 6.07) is 1.64. The lowest BCUT2D eigenvalue weighted by Gasteiger charge is -2.28. The molecule has 1 aliphatic carbocycles. The summed E-state index contributed by atoms with van der Waals surface area (Å²) in [6.45, 7) is 11.1. The topological polar surface area (TPSA) is 86.5 Å².